The molecule has 0 radical (unpaired) electrons. The van der Waals surface area contributed by atoms with Crippen molar-refractivity contribution in [3.8, 4) is 0 Å². The molecule has 7 heteroatoms. The third kappa shape index (κ3) is 6.00. The van der Waals surface area contributed by atoms with Gasteiger partial charge in [-0.1, -0.05) is 33.6 Å². The summed E-state index contributed by atoms with van der Waals surface area (Å²) in [6.07, 6.45) is 7.54. The molecule has 0 spiro atoms. The van der Waals surface area contributed by atoms with E-state index in [2.05, 4.69) is 25.8 Å². The fourth-order valence-electron chi connectivity index (χ4n) is 5.26. The molecule has 1 amide bonds. The van der Waals surface area contributed by atoms with Crippen molar-refractivity contribution in [3.63, 3.8) is 0 Å². The Morgan fingerprint density at radius 1 is 1.21 bits per heavy atom. The van der Waals surface area contributed by atoms with Crippen molar-refractivity contribution < 1.29 is 23.8 Å². The van der Waals surface area contributed by atoms with Crippen molar-refractivity contribution >= 4 is 11.7 Å². The van der Waals surface area contributed by atoms with Gasteiger partial charge in [-0.2, -0.15) is 0 Å². The van der Waals surface area contributed by atoms with Gasteiger partial charge in [-0.3, -0.25) is 14.6 Å². The highest BCUT2D eigenvalue weighted by Crippen LogP contribution is 2.41. The van der Waals surface area contributed by atoms with E-state index in [9.17, 15) is 9.59 Å². The van der Waals surface area contributed by atoms with E-state index in [1.165, 1.54) is 0 Å². The van der Waals surface area contributed by atoms with E-state index >= 15 is 0 Å². The van der Waals surface area contributed by atoms with E-state index in [0.717, 1.165) is 49.3 Å². The number of pyridine rings is 1. The molecule has 1 aromatic rings. The molecule has 2 atom stereocenters. The molecule has 0 aromatic carbocycles. The second-order valence-corrected chi connectivity index (χ2v) is 10.2. The lowest BCUT2D eigenvalue weighted by Gasteiger charge is -2.55. The number of likely N-dealkylation sites (tertiary alicyclic amines) is 1. The fourth-order valence-corrected chi connectivity index (χ4v) is 5.26. The average molecular weight is 461 g/mol. The van der Waals surface area contributed by atoms with Gasteiger partial charge in [-0.15, -0.1) is 0 Å². The SMILES string of the molecule is COCO[C@@]1(Cc2cc(CC(=O)C3CCC(C)CC3)ccn2)C(=O)N(COC)[C@H]1CC(C)C. The lowest BCUT2D eigenvalue weighted by atomic mass is 9.74. The number of carbonyl (C=O) groups excluding carboxylic acids is 2. The minimum absolute atomic E-state index is 0.0272. The minimum atomic E-state index is -1.03. The Bertz CT molecular complexity index is 806. The second kappa shape index (κ2) is 11.5. The van der Waals surface area contributed by atoms with Crippen molar-refractivity contribution in [1.82, 2.24) is 9.88 Å². The number of carbonyl (C=O) groups is 2. The monoisotopic (exact) mass is 460 g/mol. The van der Waals surface area contributed by atoms with Crippen molar-refractivity contribution in [1.29, 1.82) is 0 Å². The highest BCUT2D eigenvalue weighted by molar-refractivity contribution is 5.93. The van der Waals surface area contributed by atoms with Gasteiger partial charge in [0.2, 0.25) is 0 Å². The lowest BCUT2D eigenvalue weighted by molar-refractivity contribution is -0.235. The maximum absolute atomic E-state index is 13.3. The zero-order valence-corrected chi connectivity index (χ0v) is 20.8. The maximum atomic E-state index is 13.3. The molecule has 2 aliphatic rings. The molecule has 1 saturated heterocycles. The quantitative estimate of drug-likeness (QED) is 0.349. The average Bonchev–Trinajstić information content (AvgIpc) is 2.79. The fraction of sp³-hybridized carbons (Fsp3) is 0.731. The Hall–Kier alpha value is -1.83. The molecular weight excluding hydrogens is 420 g/mol. The zero-order valence-electron chi connectivity index (χ0n) is 20.8. The number of Topliss-reactive ketones (excluding diaryl/α,β-unsaturated/α-hetero) is 1. The third-order valence-electron chi connectivity index (χ3n) is 7.11. The molecule has 184 valence electrons. The molecule has 2 fully saturated rings. The highest BCUT2D eigenvalue weighted by atomic mass is 16.7. The van der Waals surface area contributed by atoms with Crippen LogP contribution in [0.4, 0.5) is 0 Å². The lowest BCUT2D eigenvalue weighted by Crippen LogP contribution is -2.76. The Morgan fingerprint density at radius 3 is 2.58 bits per heavy atom. The number of ketones is 1. The molecule has 3 rings (SSSR count). The third-order valence-corrected chi connectivity index (χ3v) is 7.11. The number of rotatable bonds is 12. The van der Waals surface area contributed by atoms with Crippen molar-refractivity contribution in [2.24, 2.45) is 17.8 Å². The summed E-state index contributed by atoms with van der Waals surface area (Å²) in [5.74, 6) is 1.48. The first-order chi connectivity index (χ1) is 15.8. The summed E-state index contributed by atoms with van der Waals surface area (Å²) in [6, 6.07) is 3.73. The predicted octanol–water partition coefficient (Wildman–Crippen LogP) is 3.78. The van der Waals surface area contributed by atoms with Crippen LogP contribution >= 0.6 is 0 Å². The van der Waals surface area contributed by atoms with Crippen LogP contribution in [0.2, 0.25) is 0 Å². The summed E-state index contributed by atoms with van der Waals surface area (Å²) in [4.78, 5) is 32.4. The molecule has 0 bridgehead atoms. The molecule has 0 unspecified atom stereocenters. The minimum Gasteiger partial charge on any atom is -0.364 e. The number of β-lactam (4-membered cyclic amide) rings is 1. The van der Waals surface area contributed by atoms with Crippen LogP contribution in [0, 0.1) is 17.8 Å². The molecular formula is C26H40N2O5. The maximum Gasteiger partial charge on any atom is 0.259 e. The summed E-state index contributed by atoms with van der Waals surface area (Å²) < 4.78 is 16.5. The largest absolute Gasteiger partial charge is 0.364 e. The van der Waals surface area contributed by atoms with Crippen LogP contribution in [0.1, 0.15) is 64.1 Å². The number of amides is 1. The number of hydrogen-bond donors (Lipinski definition) is 0. The first-order valence-corrected chi connectivity index (χ1v) is 12.2. The topological polar surface area (TPSA) is 78.0 Å². The van der Waals surface area contributed by atoms with Gasteiger partial charge in [0.25, 0.3) is 5.91 Å². The Morgan fingerprint density at radius 2 is 1.94 bits per heavy atom. The van der Waals surface area contributed by atoms with E-state index in [1.54, 1.807) is 25.3 Å². The van der Waals surface area contributed by atoms with Gasteiger partial charge in [0.15, 0.2) is 5.60 Å². The normalized spacial score (nSPS) is 27.6. The van der Waals surface area contributed by atoms with Crippen molar-refractivity contribution in [2.75, 3.05) is 27.7 Å². The van der Waals surface area contributed by atoms with E-state index < -0.39 is 5.60 Å². The first-order valence-electron chi connectivity index (χ1n) is 12.2. The summed E-state index contributed by atoms with van der Waals surface area (Å²) in [6.45, 7) is 6.78. The molecule has 33 heavy (non-hydrogen) atoms. The number of hydrogen-bond acceptors (Lipinski definition) is 6. The molecule has 0 N–H and O–H groups in total. The Balaban J connectivity index is 1.76. The van der Waals surface area contributed by atoms with E-state index in [1.807, 2.05) is 12.1 Å². The van der Waals surface area contributed by atoms with Crippen LogP contribution in [0.15, 0.2) is 18.3 Å². The van der Waals surface area contributed by atoms with Crippen LogP contribution < -0.4 is 0 Å². The predicted molar refractivity (Wildman–Crippen MR) is 125 cm³/mol. The van der Waals surface area contributed by atoms with Crippen LogP contribution in [0.25, 0.3) is 0 Å². The van der Waals surface area contributed by atoms with Gasteiger partial charge in [0, 0.05) is 44.9 Å². The summed E-state index contributed by atoms with van der Waals surface area (Å²) in [5.41, 5.74) is 0.674. The van der Waals surface area contributed by atoms with Crippen LogP contribution in [-0.2, 0) is 36.6 Å². The number of nitrogens with zero attached hydrogens (tertiary/aromatic N) is 2. The van der Waals surface area contributed by atoms with Crippen LogP contribution in [-0.4, -0.2) is 61.0 Å². The summed E-state index contributed by atoms with van der Waals surface area (Å²) in [7, 11) is 3.14. The highest BCUT2D eigenvalue weighted by Gasteiger charge is 2.62. The number of methoxy groups -OCH3 is 2. The Kier molecular flexibility index (Phi) is 9.02. The van der Waals surface area contributed by atoms with E-state index in [4.69, 9.17) is 14.2 Å². The van der Waals surface area contributed by atoms with Crippen molar-refractivity contribution in [3.05, 3.63) is 29.6 Å². The second-order valence-electron chi connectivity index (χ2n) is 10.2. The standard InChI is InChI=1S/C26H40N2O5/c1-18(2)12-24-26(33-17-32-5,25(30)28(24)16-31-4)15-22-13-20(10-11-27-22)14-23(29)21-8-6-19(3)7-9-21/h10-11,13,18-19,21,24H,6-9,12,14-17H2,1-5H3/t19?,21?,24-,26+/m0/s1. The van der Waals surface area contributed by atoms with Gasteiger partial charge in [0.1, 0.15) is 19.3 Å². The van der Waals surface area contributed by atoms with E-state index in [-0.39, 0.29) is 31.4 Å². The number of aromatic nitrogens is 1. The summed E-state index contributed by atoms with van der Waals surface area (Å²) >= 11 is 0. The molecule has 7 nitrogen and oxygen atoms in total. The molecule has 1 aliphatic carbocycles. The molecule has 1 saturated carbocycles. The van der Waals surface area contributed by atoms with Gasteiger partial charge >= 0.3 is 0 Å². The van der Waals surface area contributed by atoms with Crippen molar-refractivity contribution in [2.45, 2.75) is 77.4 Å². The van der Waals surface area contributed by atoms with Gasteiger partial charge in [-0.05, 0) is 48.8 Å². The summed E-state index contributed by atoms with van der Waals surface area (Å²) in [5, 5.41) is 0. The van der Waals surface area contributed by atoms with Crippen LogP contribution in [0.5, 0.6) is 0 Å². The number of ether oxygens (including phenoxy) is 3. The Labute approximate surface area is 198 Å². The molecule has 1 aromatic heterocycles. The zero-order chi connectivity index (χ0) is 24.0. The van der Waals surface area contributed by atoms with Gasteiger partial charge in [-0.25, -0.2) is 0 Å². The first kappa shape index (κ1) is 25.8. The van der Waals surface area contributed by atoms with Gasteiger partial charge < -0.3 is 19.1 Å². The molecule has 1 aliphatic heterocycles. The van der Waals surface area contributed by atoms with E-state index in [0.29, 0.717) is 24.5 Å². The van der Waals surface area contributed by atoms with Crippen LogP contribution in [0.3, 0.4) is 0 Å². The van der Waals surface area contributed by atoms with Gasteiger partial charge in [0.05, 0.1) is 6.04 Å². The molecule has 2 heterocycles. The smallest absolute Gasteiger partial charge is 0.259 e.